The molecule has 1 saturated heterocycles. The third-order valence-electron chi connectivity index (χ3n) is 10.3. The fourth-order valence-corrected chi connectivity index (χ4v) is 8.72. The predicted molar refractivity (Wildman–Crippen MR) is 116 cm³/mol. The van der Waals surface area contributed by atoms with Gasteiger partial charge >= 0.3 is 5.97 Å². The molecule has 0 aromatic heterocycles. The van der Waals surface area contributed by atoms with Crippen molar-refractivity contribution in [3.05, 3.63) is 0 Å². The van der Waals surface area contributed by atoms with Crippen LogP contribution >= 0.6 is 0 Å². The summed E-state index contributed by atoms with van der Waals surface area (Å²) in [6.07, 6.45) is 15.4. The standard InChI is InChI=1S/C26H42O4/c1-17(27)29-23-10-9-21-20-8-7-18-16-19(30-24-6-4-5-15-28-24)11-13-25(18,2)22(20)12-14-26(21,23)3/h18-24H,4-16H2,1-3H3/t18?,19?,20?,21?,22?,23?,24?,25-,26-/m1/s1. The van der Waals surface area contributed by atoms with Gasteiger partial charge in [-0.05, 0) is 106 Å². The van der Waals surface area contributed by atoms with Crippen LogP contribution in [0.4, 0.5) is 0 Å². The number of carbonyl (C=O) groups excluding carboxylic acids is 1. The first-order valence-corrected chi connectivity index (χ1v) is 12.8. The van der Waals surface area contributed by atoms with Gasteiger partial charge in [0, 0.05) is 18.9 Å². The van der Waals surface area contributed by atoms with Crippen molar-refractivity contribution in [1.82, 2.24) is 0 Å². The summed E-state index contributed by atoms with van der Waals surface area (Å²) in [5.41, 5.74) is 0.672. The first kappa shape index (κ1) is 21.2. The maximum absolute atomic E-state index is 11.7. The topological polar surface area (TPSA) is 44.8 Å². The first-order chi connectivity index (χ1) is 14.4. The molecule has 5 aliphatic rings. The largest absolute Gasteiger partial charge is 0.462 e. The third kappa shape index (κ3) is 3.54. The Morgan fingerprint density at radius 1 is 0.900 bits per heavy atom. The molecule has 4 heteroatoms. The van der Waals surface area contributed by atoms with Gasteiger partial charge in [0.05, 0.1) is 6.10 Å². The fraction of sp³-hybridized carbons (Fsp3) is 0.962. The van der Waals surface area contributed by atoms with Crippen molar-refractivity contribution in [2.24, 2.45) is 34.5 Å². The Bertz CT molecular complexity index is 643. The van der Waals surface area contributed by atoms with E-state index in [2.05, 4.69) is 13.8 Å². The number of esters is 1. The van der Waals surface area contributed by atoms with E-state index in [1.54, 1.807) is 6.92 Å². The predicted octanol–water partition coefficient (Wildman–Crippen LogP) is 5.87. The lowest BCUT2D eigenvalue weighted by Gasteiger charge is -2.61. The summed E-state index contributed by atoms with van der Waals surface area (Å²) < 4.78 is 18.1. The van der Waals surface area contributed by atoms with Crippen molar-refractivity contribution in [3.63, 3.8) is 0 Å². The monoisotopic (exact) mass is 418 g/mol. The summed E-state index contributed by atoms with van der Waals surface area (Å²) in [6, 6.07) is 0. The quantitative estimate of drug-likeness (QED) is 0.424. The van der Waals surface area contributed by atoms with Crippen molar-refractivity contribution >= 4 is 5.97 Å². The van der Waals surface area contributed by atoms with Crippen LogP contribution in [-0.4, -0.2) is 31.1 Å². The first-order valence-electron chi connectivity index (χ1n) is 12.8. The lowest BCUT2D eigenvalue weighted by atomic mass is 9.45. The van der Waals surface area contributed by atoms with E-state index in [1.807, 2.05) is 0 Å². The van der Waals surface area contributed by atoms with Gasteiger partial charge < -0.3 is 14.2 Å². The van der Waals surface area contributed by atoms with Crippen molar-refractivity contribution in [2.75, 3.05) is 6.61 Å². The van der Waals surface area contributed by atoms with Gasteiger partial charge in [-0.15, -0.1) is 0 Å². The van der Waals surface area contributed by atoms with Crippen molar-refractivity contribution in [1.29, 1.82) is 0 Å². The highest BCUT2D eigenvalue weighted by Gasteiger charge is 2.61. The van der Waals surface area contributed by atoms with E-state index in [-0.39, 0.29) is 23.8 Å². The number of rotatable bonds is 3. The highest BCUT2D eigenvalue weighted by Crippen LogP contribution is 2.66. The molecule has 7 unspecified atom stereocenters. The minimum Gasteiger partial charge on any atom is -0.462 e. The molecule has 4 saturated carbocycles. The molecule has 4 nitrogen and oxygen atoms in total. The molecule has 0 spiro atoms. The summed E-state index contributed by atoms with van der Waals surface area (Å²) in [7, 11) is 0. The van der Waals surface area contributed by atoms with Crippen molar-refractivity contribution in [3.8, 4) is 0 Å². The second kappa shape index (κ2) is 8.06. The Morgan fingerprint density at radius 3 is 2.47 bits per heavy atom. The second-order valence-electron chi connectivity index (χ2n) is 11.7. The molecule has 170 valence electrons. The zero-order valence-electron chi connectivity index (χ0n) is 19.4. The van der Waals surface area contributed by atoms with Crippen LogP contribution in [0.3, 0.4) is 0 Å². The Kier molecular flexibility index (Phi) is 5.71. The van der Waals surface area contributed by atoms with Gasteiger partial charge in [-0.25, -0.2) is 0 Å². The summed E-state index contributed by atoms with van der Waals surface area (Å²) >= 11 is 0. The van der Waals surface area contributed by atoms with Gasteiger partial charge in [-0.1, -0.05) is 13.8 Å². The highest BCUT2D eigenvalue weighted by molar-refractivity contribution is 5.66. The molecule has 0 aromatic carbocycles. The van der Waals surface area contributed by atoms with Crippen LogP contribution < -0.4 is 0 Å². The van der Waals surface area contributed by atoms with Crippen LogP contribution in [0, 0.1) is 34.5 Å². The van der Waals surface area contributed by atoms with Crippen molar-refractivity contribution < 1.29 is 19.0 Å². The number of fused-ring (bicyclic) bond motifs is 5. The molecule has 0 N–H and O–H groups in total. The van der Waals surface area contributed by atoms with Crippen molar-refractivity contribution in [2.45, 2.75) is 116 Å². The van der Waals surface area contributed by atoms with E-state index >= 15 is 0 Å². The molecule has 1 heterocycles. The van der Waals surface area contributed by atoms with Crippen LogP contribution in [0.5, 0.6) is 0 Å². The maximum Gasteiger partial charge on any atom is 0.302 e. The molecule has 0 bridgehead atoms. The number of hydrogen-bond donors (Lipinski definition) is 0. The molecule has 1 aliphatic heterocycles. The van der Waals surface area contributed by atoms with Crippen LogP contribution in [0.25, 0.3) is 0 Å². The lowest BCUT2D eigenvalue weighted by Crippen LogP contribution is -2.55. The minimum absolute atomic E-state index is 0.0523. The summed E-state index contributed by atoms with van der Waals surface area (Å²) in [6.45, 7) is 7.49. The molecule has 30 heavy (non-hydrogen) atoms. The number of carbonyl (C=O) groups is 1. The maximum atomic E-state index is 11.7. The highest BCUT2D eigenvalue weighted by atomic mass is 16.7. The zero-order valence-corrected chi connectivity index (χ0v) is 19.4. The fourth-order valence-electron chi connectivity index (χ4n) is 8.72. The van der Waals surface area contributed by atoms with E-state index in [4.69, 9.17) is 14.2 Å². The normalized spacial score (nSPS) is 50.8. The summed E-state index contributed by atoms with van der Waals surface area (Å²) in [4.78, 5) is 11.7. The molecule has 0 aromatic rings. The molecule has 5 rings (SSSR count). The Hall–Kier alpha value is -0.610. The lowest BCUT2D eigenvalue weighted by molar-refractivity contribution is -0.212. The van der Waals surface area contributed by atoms with Gasteiger partial charge in [-0.3, -0.25) is 4.79 Å². The summed E-state index contributed by atoms with van der Waals surface area (Å²) in [5.74, 6) is 3.11. The third-order valence-corrected chi connectivity index (χ3v) is 10.3. The molecular formula is C26H42O4. The Morgan fingerprint density at radius 2 is 1.70 bits per heavy atom. The van der Waals surface area contributed by atoms with Crippen LogP contribution in [0.15, 0.2) is 0 Å². The molecule has 0 radical (unpaired) electrons. The average molecular weight is 419 g/mol. The number of hydrogen-bond acceptors (Lipinski definition) is 4. The Balaban J connectivity index is 1.26. The molecule has 5 fully saturated rings. The van der Waals surface area contributed by atoms with Gasteiger partial charge in [0.1, 0.15) is 6.10 Å². The average Bonchev–Trinajstić information content (AvgIpc) is 3.05. The van der Waals surface area contributed by atoms with E-state index in [0.717, 1.165) is 43.1 Å². The van der Waals surface area contributed by atoms with Gasteiger partial charge in [0.15, 0.2) is 6.29 Å². The van der Waals surface area contributed by atoms with Gasteiger partial charge in [0.25, 0.3) is 0 Å². The van der Waals surface area contributed by atoms with Crippen LogP contribution in [0.1, 0.15) is 97.8 Å². The second-order valence-corrected chi connectivity index (χ2v) is 11.7. The van der Waals surface area contributed by atoms with Gasteiger partial charge in [-0.2, -0.15) is 0 Å². The van der Waals surface area contributed by atoms with Gasteiger partial charge in [0.2, 0.25) is 0 Å². The van der Waals surface area contributed by atoms with Crippen LogP contribution in [-0.2, 0) is 19.0 Å². The zero-order chi connectivity index (χ0) is 20.9. The van der Waals surface area contributed by atoms with Crippen LogP contribution in [0.2, 0.25) is 0 Å². The molecular weight excluding hydrogens is 376 g/mol. The van der Waals surface area contributed by atoms with E-state index in [9.17, 15) is 4.79 Å². The molecule has 9 atom stereocenters. The number of ether oxygens (including phenoxy) is 3. The van der Waals surface area contributed by atoms with E-state index in [0.29, 0.717) is 11.5 Å². The molecule has 4 aliphatic carbocycles. The minimum atomic E-state index is -0.0973. The van der Waals surface area contributed by atoms with E-state index in [1.165, 1.54) is 64.2 Å². The van der Waals surface area contributed by atoms with E-state index < -0.39 is 0 Å². The summed E-state index contributed by atoms with van der Waals surface area (Å²) in [5, 5.41) is 0. The Labute approximate surface area is 182 Å². The smallest absolute Gasteiger partial charge is 0.302 e. The molecule has 0 amide bonds. The SMILES string of the molecule is CC(=O)OC1CCC2C3CCC4CC(OC5CCCCO5)CC[C@@]4(C)C3CC[C@@]12C.